The summed E-state index contributed by atoms with van der Waals surface area (Å²) in [5, 5.41) is 2.31. The lowest BCUT2D eigenvalue weighted by Gasteiger charge is -2.15. The molecule has 0 spiro atoms. The maximum atomic E-state index is 6.13. The maximum absolute atomic E-state index is 6.13. The molecule has 0 aromatic heterocycles. The molecule has 0 bridgehead atoms. The normalized spacial score (nSPS) is 16.9. The first-order valence-electron chi connectivity index (χ1n) is 4.71. The van der Waals surface area contributed by atoms with E-state index in [1.165, 1.54) is 0 Å². The Hall–Kier alpha value is -0.480. The zero-order valence-electron chi connectivity index (χ0n) is 8.33. The second-order valence-electron chi connectivity index (χ2n) is 3.37. The number of hydrogen-bond donors (Lipinski definition) is 0. The van der Waals surface area contributed by atoms with Gasteiger partial charge in [0.2, 0.25) is 0 Å². The highest BCUT2D eigenvalue weighted by atomic mass is 35.5. The molecule has 1 aromatic carbocycles. The molecule has 0 saturated carbocycles. The Labute approximate surface area is 99.1 Å². The van der Waals surface area contributed by atoms with Crippen molar-refractivity contribution in [2.45, 2.75) is 13.2 Å². The van der Waals surface area contributed by atoms with E-state index in [2.05, 4.69) is 0 Å². The SMILES string of the molecule is Cc1c(C=S)ccc(Cl)c1C1OCCO1. The number of hydrogen-bond acceptors (Lipinski definition) is 3. The quantitative estimate of drug-likeness (QED) is 0.743. The predicted octanol–water partition coefficient (Wildman–Crippen LogP) is 3.04. The molecule has 0 atom stereocenters. The summed E-state index contributed by atoms with van der Waals surface area (Å²) >= 11 is 11.1. The molecule has 0 unspecified atom stereocenters. The second kappa shape index (κ2) is 4.58. The van der Waals surface area contributed by atoms with Crippen molar-refractivity contribution >= 4 is 29.2 Å². The first kappa shape index (κ1) is 11.0. The molecule has 2 rings (SSSR count). The average molecular weight is 243 g/mol. The maximum Gasteiger partial charge on any atom is 0.185 e. The number of benzene rings is 1. The third kappa shape index (κ3) is 2.06. The summed E-state index contributed by atoms with van der Waals surface area (Å²) in [6.07, 6.45) is -0.340. The minimum atomic E-state index is -0.340. The lowest BCUT2D eigenvalue weighted by atomic mass is 10.0. The van der Waals surface area contributed by atoms with Crippen LogP contribution in [-0.2, 0) is 9.47 Å². The molecule has 4 heteroatoms. The fourth-order valence-electron chi connectivity index (χ4n) is 1.65. The van der Waals surface area contributed by atoms with Crippen LogP contribution in [0.25, 0.3) is 0 Å². The Morgan fingerprint density at radius 2 is 2.07 bits per heavy atom. The molecule has 0 N–H and O–H groups in total. The molecule has 2 nitrogen and oxygen atoms in total. The van der Waals surface area contributed by atoms with Crippen molar-refractivity contribution in [2.75, 3.05) is 13.2 Å². The van der Waals surface area contributed by atoms with Crippen LogP contribution in [0.15, 0.2) is 12.1 Å². The van der Waals surface area contributed by atoms with Crippen molar-refractivity contribution in [2.24, 2.45) is 0 Å². The Bertz CT molecular complexity index is 386. The number of rotatable bonds is 2. The van der Waals surface area contributed by atoms with Crippen LogP contribution in [0.1, 0.15) is 23.0 Å². The summed E-state index contributed by atoms with van der Waals surface area (Å²) in [6.45, 7) is 3.20. The average Bonchev–Trinajstić information content (AvgIpc) is 2.71. The van der Waals surface area contributed by atoms with Gasteiger partial charge in [-0.2, -0.15) is 0 Å². The summed E-state index contributed by atoms with van der Waals surface area (Å²) in [5.41, 5.74) is 2.92. The molecule has 0 radical (unpaired) electrons. The minimum absolute atomic E-state index is 0.340. The largest absolute Gasteiger partial charge is 0.346 e. The van der Waals surface area contributed by atoms with Gasteiger partial charge in [0.1, 0.15) is 0 Å². The van der Waals surface area contributed by atoms with E-state index in [0.717, 1.165) is 16.7 Å². The highest BCUT2D eigenvalue weighted by Gasteiger charge is 2.23. The summed E-state index contributed by atoms with van der Waals surface area (Å²) < 4.78 is 10.9. The van der Waals surface area contributed by atoms with Gasteiger partial charge in [-0.15, -0.1) is 0 Å². The van der Waals surface area contributed by atoms with Crippen LogP contribution < -0.4 is 0 Å². The van der Waals surface area contributed by atoms with E-state index in [-0.39, 0.29) is 6.29 Å². The van der Waals surface area contributed by atoms with Crippen molar-refractivity contribution in [3.8, 4) is 0 Å². The van der Waals surface area contributed by atoms with Gasteiger partial charge in [0, 0.05) is 16.0 Å². The van der Waals surface area contributed by atoms with Gasteiger partial charge >= 0.3 is 0 Å². The van der Waals surface area contributed by atoms with Crippen molar-refractivity contribution < 1.29 is 9.47 Å². The van der Waals surface area contributed by atoms with Gasteiger partial charge in [0.15, 0.2) is 6.29 Å². The molecular weight excluding hydrogens is 232 g/mol. The zero-order valence-corrected chi connectivity index (χ0v) is 9.90. The Morgan fingerprint density at radius 3 is 2.67 bits per heavy atom. The Morgan fingerprint density at radius 1 is 1.40 bits per heavy atom. The molecule has 80 valence electrons. The smallest absolute Gasteiger partial charge is 0.185 e. The topological polar surface area (TPSA) is 18.5 Å². The second-order valence-corrected chi connectivity index (χ2v) is 4.01. The number of ether oxygens (including phenoxy) is 2. The van der Waals surface area contributed by atoms with Crippen LogP contribution >= 0.6 is 23.8 Å². The van der Waals surface area contributed by atoms with Crippen LogP contribution in [0.5, 0.6) is 0 Å². The van der Waals surface area contributed by atoms with Crippen molar-refractivity contribution in [1.82, 2.24) is 0 Å². The molecule has 0 aliphatic carbocycles. The van der Waals surface area contributed by atoms with E-state index < -0.39 is 0 Å². The van der Waals surface area contributed by atoms with Gasteiger partial charge in [0.25, 0.3) is 0 Å². The molecule has 15 heavy (non-hydrogen) atoms. The zero-order chi connectivity index (χ0) is 10.8. The third-order valence-electron chi connectivity index (χ3n) is 2.49. The Balaban J connectivity index is 2.47. The lowest BCUT2D eigenvalue weighted by Crippen LogP contribution is -2.04. The van der Waals surface area contributed by atoms with Crippen LogP contribution in [-0.4, -0.2) is 18.6 Å². The number of thiocarbonyl (C=S) groups is 1. The van der Waals surface area contributed by atoms with Gasteiger partial charge in [-0.05, 0) is 24.1 Å². The lowest BCUT2D eigenvalue weighted by molar-refractivity contribution is -0.0444. The third-order valence-corrected chi connectivity index (χ3v) is 3.07. The highest BCUT2D eigenvalue weighted by molar-refractivity contribution is 7.79. The van der Waals surface area contributed by atoms with E-state index in [1.807, 2.05) is 19.1 Å². The van der Waals surface area contributed by atoms with Gasteiger partial charge in [-0.3, -0.25) is 0 Å². The molecule has 1 aliphatic heterocycles. The standard InChI is InChI=1S/C11H11ClO2S/c1-7-8(6-15)2-3-9(12)10(7)11-13-4-5-14-11/h2-3,6,11H,4-5H2,1H3. The summed E-state index contributed by atoms with van der Waals surface area (Å²) in [5.74, 6) is 0. The van der Waals surface area contributed by atoms with E-state index in [1.54, 1.807) is 5.37 Å². The van der Waals surface area contributed by atoms with Gasteiger partial charge in [-0.1, -0.05) is 29.9 Å². The van der Waals surface area contributed by atoms with Crippen molar-refractivity contribution in [3.63, 3.8) is 0 Å². The van der Waals surface area contributed by atoms with E-state index in [4.69, 9.17) is 33.3 Å². The van der Waals surface area contributed by atoms with Crippen LogP contribution in [0, 0.1) is 6.92 Å². The Kier molecular flexibility index (Phi) is 3.36. The van der Waals surface area contributed by atoms with Gasteiger partial charge < -0.3 is 9.47 Å². The first-order chi connectivity index (χ1) is 7.24. The van der Waals surface area contributed by atoms with E-state index in [0.29, 0.717) is 18.2 Å². The predicted molar refractivity (Wildman–Crippen MR) is 63.6 cm³/mol. The monoisotopic (exact) mass is 242 g/mol. The molecule has 1 saturated heterocycles. The van der Waals surface area contributed by atoms with E-state index >= 15 is 0 Å². The molecular formula is C11H11ClO2S. The van der Waals surface area contributed by atoms with Crippen molar-refractivity contribution in [3.05, 3.63) is 33.8 Å². The summed E-state index contributed by atoms with van der Waals surface area (Å²) in [6, 6.07) is 3.73. The molecule has 1 aromatic rings. The highest BCUT2D eigenvalue weighted by Crippen LogP contribution is 2.33. The van der Waals surface area contributed by atoms with E-state index in [9.17, 15) is 0 Å². The first-order valence-corrected chi connectivity index (χ1v) is 5.56. The molecule has 0 amide bonds. The molecule has 1 heterocycles. The van der Waals surface area contributed by atoms with Crippen LogP contribution in [0.4, 0.5) is 0 Å². The summed E-state index contributed by atoms with van der Waals surface area (Å²) in [7, 11) is 0. The number of halogens is 1. The minimum Gasteiger partial charge on any atom is -0.346 e. The van der Waals surface area contributed by atoms with Gasteiger partial charge in [-0.25, -0.2) is 0 Å². The summed E-state index contributed by atoms with van der Waals surface area (Å²) in [4.78, 5) is 0. The molecule has 1 fully saturated rings. The van der Waals surface area contributed by atoms with Crippen LogP contribution in [0.3, 0.4) is 0 Å². The van der Waals surface area contributed by atoms with Crippen molar-refractivity contribution in [1.29, 1.82) is 0 Å². The fraction of sp³-hybridized carbons (Fsp3) is 0.364. The van der Waals surface area contributed by atoms with Crippen LogP contribution in [0.2, 0.25) is 5.02 Å². The molecule has 1 aliphatic rings. The fourth-order valence-corrected chi connectivity index (χ4v) is 2.20. The van der Waals surface area contributed by atoms with Gasteiger partial charge in [0.05, 0.1) is 13.2 Å².